The van der Waals surface area contributed by atoms with Crippen molar-refractivity contribution < 1.29 is 14.0 Å². The summed E-state index contributed by atoms with van der Waals surface area (Å²) in [6.45, 7) is 2.51. The average Bonchev–Trinajstić information content (AvgIpc) is 2.72. The number of carbonyl (C=O) groups excluding carboxylic acids is 2. The Kier molecular flexibility index (Phi) is 5.47. The highest BCUT2D eigenvalue weighted by Crippen LogP contribution is 2.40. The number of nitrogens with one attached hydrogen (secondary N) is 1. The number of benzene rings is 1. The summed E-state index contributed by atoms with van der Waals surface area (Å²) in [5, 5.41) is 2.77. The van der Waals surface area contributed by atoms with Gasteiger partial charge in [0, 0.05) is 37.9 Å². The highest BCUT2D eigenvalue weighted by atomic mass is 19.1. The average molecular weight is 396 g/mol. The van der Waals surface area contributed by atoms with Gasteiger partial charge in [-0.25, -0.2) is 9.18 Å². The van der Waals surface area contributed by atoms with Gasteiger partial charge in [0.25, 0.3) is 0 Å². The lowest BCUT2D eigenvalue weighted by molar-refractivity contribution is -0.139. The van der Waals surface area contributed by atoms with Crippen LogP contribution >= 0.6 is 0 Å². The van der Waals surface area contributed by atoms with E-state index in [4.69, 9.17) is 0 Å². The van der Waals surface area contributed by atoms with Gasteiger partial charge in [-0.05, 0) is 55.0 Å². The van der Waals surface area contributed by atoms with E-state index in [-0.39, 0.29) is 23.2 Å². The van der Waals surface area contributed by atoms with Gasteiger partial charge in [0.05, 0.1) is 12.2 Å². The Morgan fingerprint density at radius 3 is 2.69 bits per heavy atom. The molecule has 1 N–H and O–H groups in total. The molecular formula is C22H25FN4O2. The lowest BCUT2D eigenvalue weighted by Crippen LogP contribution is -2.52. The summed E-state index contributed by atoms with van der Waals surface area (Å²) in [6.07, 6.45) is 4.87. The molecule has 2 saturated heterocycles. The van der Waals surface area contributed by atoms with Gasteiger partial charge in [0.15, 0.2) is 0 Å². The predicted octanol–water partition coefficient (Wildman–Crippen LogP) is 3.66. The van der Waals surface area contributed by atoms with E-state index in [9.17, 15) is 14.0 Å². The molecule has 3 amide bonds. The molecule has 0 saturated carbocycles. The number of urea groups is 1. The van der Waals surface area contributed by atoms with Crippen molar-refractivity contribution in [1.29, 1.82) is 0 Å². The molecule has 29 heavy (non-hydrogen) atoms. The number of hydrogen-bond donors (Lipinski definition) is 1. The fraction of sp³-hybridized carbons (Fsp3) is 0.409. The van der Waals surface area contributed by atoms with Gasteiger partial charge in [-0.15, -0.1) is 0 Å². The molecule has 2 aliphatic heterocycles. The molecular weight excluding hydrogens is 371 g/mol. The van der Waals surface area contributed by atoms with Crippen molar-refractivity contribution in [1.82, 2.24) is 14.8 Å². The number of piperidine rings is 2. The van der Waals surface area contributed by atoms with Crippen molar-refractivity contribution in [2.24, 2.45) is 5.41 Å². The third-order valence-corrected chi connectivity index (χ3v) is 6.01. The van der Waals surface area contributed by atoms with Crippen LogP contribution in [0.1, 0.15) is 31.4 Å². The molecule has 1 aromatic heterocycles. The van der Waals surface area contributed by atoms with Crippen LogP contribution < -0.4 is 5.32 Å². The van der Waals surface area contributed by atoms with Gasteiger partial charge < -0.3 is 15.1 Å². The number of pyridine rings is 1. The number of likely N-dealkylation sites (tertiary alicyclic amines) is 2. The molecule has 1 aromatic carbocycles. The number of carbonyl (C=O) groups is 2. The number of rotatable bonds is 3. The third-order valence-electron chi connectivity index (χ3n) is 6.01. The summed E-state index contributed by atoms with van der Waals surface area (Å²) in [4.78, 5) is 33.0. The maximum atomic E-state index is 13.3. The van der Waals surface area contributed by atoms with Crippen LogP contribution in [0.15, 0.2) is 48.7 Å². The van der Waals surface area contributed by atoms with Gasteiger partial charge in [0.2, 0.25) is 5.91 Å². The molecule has 2 aliphatic rings. The second-order valence-electron chi connectivity index (χ2n) is 8.00. The minimum absolute atomic E-state index is 0.0539. The predicted molar refractivity (Wildman–Crippen MR) is 108 cm³/mol. The number of nitrogens with zero attached hydrogens (tertiary/aromatic N) is 3. The normalized spacial score (nSPS) is 18.7. The zero-order valence-electron chi connectivity index (χ0n) is 16.3. The van der Waals surface area contributed by atoms with Crippen molar-refractivity contribution >= 4 is 17.6 Å². The second kappa shape index (κ2) is 8.19. The quantitative estimate of drug-likeness (QED) is 0.861. The minimum atomic E-state index is -0.375. The smallest absolute Gasteiger partial charge is 0.321 e. The molecule has 0 radical (unpaired) electrons. The Morgan fingerprint density at radius 1 is 1.14 bits per heavy atom. The van der Waals surface area contributed by atoms with Crippen molar-refractivity contribution in [3.8, 4) is 0 Å². The molecule has 7 heteroatoms. The molecule has 1 spiro atoms. The first-order valence-corrected chi connectivity index (χ1v) is 10.0. The van der Waals surface area contributed by atoms with Crippen molar-refractivity contribution in [3.63, 3.8) is 0 Å². The van der Waals surface area contributed by atoms with Crippen LogP contribution in [0.2, 0.25) is 0 Å². The Morgan fingerprint density at radius 2 is 1.97 bits per heavy atom. The topological polar surface area (TPSA) is 65.5 Å². The summed E-state index contributed by atoms with van der Waals surface area (Å²) in [5.74, 6) is -0.201. The van der Waals surface area contributed by atoms with Crippen molar-refractivity contribution in [2.45, 2.75) is 32.2 Å². The van der Waals surface area contributed by atoms with Crippen molar-refractivity contribution in [3.05, 3.63) is 60.2 Å². The van der Waals surface area contributed by atoms with Crippen LogP contribution in [0.3, 0.4) is 0 Å². The standard InChI is InChI=1S/C22H25FN4O2/c23-17-4-3-6-18(14-17)25-21(29)26-12-9-22(10-13-26)8-7-20(28)27(16-22)15-19-5-1-2-11-24-19/h1-6,11,14H,7-10,12-13,15-16H2,(H,25,29). The van der Waals surface area contributed by atoms with Crippen molar-refractivity contribution in [2.75, 3.05) is 25.0 Å². The number of amides is 3. The number of anilines is 1. The van der Waals surface area contributed by atoms with Crippen LogP contribution in [-0.4, -0.2) is 46.4 Å². The molecule has 2 fully saturated rings. The Hall–Kier alpha value is -2.96. The Balaban J connectivity index is 1.35. The van der Waals surface area contributed by atoms with Gasteiger partial charge in [-0.1, -0.05) is 12.1 Å². The van der Waals surface area contributed by atoms with E-state index in [2.05, 4.69) is 10.3 Å². The molecule has 2 aromatic rings. The van der Waals surface area contributed by atoms with E-state index >= 15 is 0 Å². The van der Waals surface area contributed by atoms with Crippen LogP contribution in [0.25, 0.3) is 0 Å². The van der Waals surface area contributed by atoms with E-state index in [0.717, 1.165) is 25.0 Å². The molecule has 0 unspecified atom stereocenters. The molecule has 0 atom stereocenters. The Labute approximate surface area is 169 Å². The zero-order chi connectivity index (χ0) is 20.3. The summed E-state index contributed by atoms with van der Waals surface area (Å²) >= 11 is 0. The van der Waals surface area contributed by atoms with Crippen LogP contribution in [0, 0.1) is 11.2 Å². The first-order valence-electron chi connectivity index (χ1n) is 10.0. The molecule has 0 aliphatic carbocycles. The number of aromatic nitrogens is 1. The van der Waals surface area contributed by atoms with Crippen LogP contribution in [0.5, 0.6) is 0 Å². The number of halogens is 1. The third kappa shape index (κ3) is 4.55. The van der Waals surface area contributed by atoms with Gasteiger partial charge in [0.1, 0.15) is 5.82 Å². The molecule has 6 nitrogen and oxygen atoms in total. The first-order chi connectivity index (χ1) is 14.0. The van der Waals surface area contributed by atoms with E-state index in [1.807, 2.05) is 23.1 Å². The number of hydrogen-bond acceptors (Lipinski definition) is 3. The summed E-state index contributed by atoms with van der Waals surface area (Å²) in [6, 6.07) is 11.4. The van der Waals surface area contributed by atoms with Crippen LogP contribution in [0.4, 0.5) is 14.9 Å². The highest BCUT2D eigenvalue weighted by Gasteiger charge is 2.41. The molecule has 4 rings (SSSR count). The van der Waals surface area contributed by atoms with E-state index in [1.54, 1.807) is 23.2 Å². The molecule has 3 heterocycles. The SMILES string of the molecule is O=C1CCC2(CCN(C(=O)Nc3cccc(F)c3)CC2)CN1Cc1ccccn1. The monoisotopic (exact) mass is 396 g/mol. The Bertz CT molecular complexity index is 881. The van der Waals surface area contributed by atoms with E-state index in [1.165, 1.54) is 12.1 Å². The largest absolute Gasteiger partial charge is 0.336 e. The summed E-state index contributed by atoms with van der Waals surface area (Å²) < 4.78 is 13.3. The summed E-state index contributed by atoms with van der Waals surface area (Å²) in [5.41, 5.74) is 1.41. The van der Waals surface area contributed by atoms with Crippen LogP contribution in [-0.2, 0) is 11.3 Å². The minimum Gasteiger partial charge on any atom is -0.336 e. The first kappa shape index (κ1) is 19.4. The maximum Gasteiger partial charge on any atom is 0.321 e. The summed E-state index contributed by atoms with van der Waals surface area (Å²) in [7, 11) is 0. The fourth-order valence-electron chi connectivity index (χ4n) is 4.29. The zero-order valence-corrected chi connectivity index (χ0v) is 16.3. The van der Waals surface area contributed by atoms with E-state index < -0.39 is 0 Å². The molecule has 0 bridgehead atoms. The maximum absolute atomic E-state index is 13.3. The second-order valence-corrected chi connectivity index (χ2v) is 8.00. The molecule has 152 valence electrons. The van der Waals surface area contributed by atoms with Gasteiger partial charge in [-0.3, -0.25) is 9.78 Å². The lowest BCUT2D eigenvalue weighted by Gasteiger charge is -2.47. The van der Waals surface area contributed by atoms with Gasteiger partial charge >= 0.3 is 6.03 Å². The fourth-order valence-corrected chi connectivity index (χ4v) is 4.29. The van der Waals surface area contributed by atoms with E-state index in [0.29, 0.717) is 38.3 Å². The lowest BCUT2D eigenvalue weighted by atomic mass is 9.72. The van der Waals surface area contributed by atoms with Gasteiger partial charge in [-0.2, -0.15) is 0 Å². The highest BCUT2D eigenvalue weighted by molar-refractivity contribution is 5.89.